The van der Waals surface area contributed by atoms with E-state index in [0.29, 0.717) is 0 Å². The quantitative estimate of drug-likeness (QED) is 0.592. The Hall–Kier alpha value is -1.71. The molecule has 0 N–H and O–H groups in total. The highest BCUT2D eigenvalue weighted by atomic mass is 32.2. The Morgan fingerprint density at radius 3 is 2.42 bits per heavy atom. The smallest absolute Gasteiger partial charge is 0.0483 e. The fourth-order valence-corrected chi connectivity index (χ4v) is 4.09. The Kier molecular flexibility index (Phi) is 5.32. The molecule has 0 saturated heterocycles. The van der Waals surface area contributed by atoms with Gasteiger partial charge < -0.3 is 9.47 Å². The predicted molar refractivity (Wildman–Crippen MR) is 106 cm³/mol. The Bertz CT molecular complexity index is 816. The molecule has 3 rings (SSSR count). The summed E-state index contributed by atoms with van der Waals surface area (Å²) < 4.78 is 2.38. The van der Waals surface area contributed by atoms with E-state index >= 15 is 0 Å². The van der Waals surface area contributed by atoms with Gasteiger partial charge in [0.05, 0.1) is 0 Å². The normalized spacial score (nSPS) is 11.5. The van der Waals surface area contributed by atoms with Crippen LogP contribution in [-0.2, 0) is 19.2 Å². The van der Waals surface area contributed by atoms with Crippen LogP contribution in [0.1, 0.15) is 16.8 Å². The van der Waals surface area contributed by atoms with Gasteiger partial charge in [0.2, 0.25) is 0 Å². The number of nitrogens with zero attached hydrogens (tertiary/aromatic N) is 2. The van der Waals surface area contributed by atoms with Crippen LogP contribution in [0.2, 0.25) is 0 Å². The number of aryl methyl sites for hydroxylation is 2. The minimum Gasteiger partial charge on any atom is -0.347 e. The lowest BCUT2D eigenvalue weighted by Gasteiger charge is -2.12. The Morgan fingerprint density at radius 1 is 1.00 bits per heavy atom. The molecule has 0 fully saturated rings. The van der Waals surface area contributed by atoms with Crippen molar-refractivity contribution in [3.05, 3.63) is 65.4 Å². The first kappa shape index (κ1) is 17.1. The summed E-state index contributed by atoms with van der Waals surface area (Å²) in [4.78, 5) is 3.60. The number of likely N-dealkylation sites (N-methyl/N-ethyl adjacent to an activating group) is 1. The molecule has 2 nitrogen and oxygen atoms in total. The van der Waals surface area contributed by atoms with Crippen LogP contribution in [0.3, 0.4) is 0 Å². The molecule has 0 bridgehead atoms. The summed E-state index contributed by atoms with van der Waals surface area (Å²) in [5.74, 6) is 1.02. The maximum atomic E-state index is 2.38. The van der Waals surface area contributed by atoms with E-state index < -0.39 is 0 Å². The average Bonchev–Trinajstić information content (AvgIpc) is 2.85. The molecular formula is C21H26N2S. The monoisotopic (exact) mass is 338 g/mol. The molecule has 0 spiro atoms. The molecule has 1 heterocycles. The summed E-state index contributed by atoms with van der Waals surface area (Å²) >= 11 is 1.93. The molecule has 126 valence electrons. The third kappa shape index (κ3) is 3.68. The molecule has 3 heteroatoms. The summed E-state index contributed by atoms with van der Waals surface area (Å²) in [5.41, 5.74) is 5.60. The number of hydrogen-bond donors (Lipinski definition) is 0. The van der Waals surface area contributed by atoms with Crippen LogP contribution in [0.5, 0.6) is 0 Å². The highest BCUT2D eigenvalue weighted by molar-refractivity contribution is 7.98. The second-order valence-electron chi connectivity index (χ2n) is 6.66. The first-order valence-electron chi connectivity index (χ1n) is 8.45. The van der Waals surface area contributed by atoms with Gasteiger partial charge in [0.15, 0.2) is 0 Å². The standard InChI is InChI=1S/C21H26N2S/c1-16-9-11-17(12-10-16)24-15-19-18-7-5-6-8-20(18)23(4)21(19)13-14-22(2)3/h5-12H,13-15H2,1-4H3. The van der Waals surface area contributed by atoms with Gasteiger partial charge in [0.1, 0.15) is 0 Å². The zero-order valence-corrected chi connectivity index (χ0v) is 15.9. The van der Waals surface area contributed by atoms with Crippen molar-refractivity contribution in [2.24, 2.45) is 7.05 Å². The van der Waals surface area contributed by atoms with Gasteiger partial charge >= 0.3 is 0 Å². The molecule has 1 aromatic heterocycles. The maximum Gasteiger partial charge on any atom is 0.0483 e. The van der Waals surface area contributed by atoms with E-state index in [1.165, 1.54) is 32.6 Å². The summed E-state index contributed by atoms with van der Waals surface area (Å²) in [6.45, 7) is 3.21. The summed E-state index contributed by atoms with van der Waals surface area (Å²) in [7, 11) is 6.49. The highest BCUT2D eigenvalue weighted by Gasteiger charge is 2.15. The van der Waals surface area contributed by atoms with Crippen LogP contribution in [-0.4, -0.2) is 30.1 Å². The topological polar surface area (TPSA) is 8.17 Å². The first-order chi connectivity index (χ1) is 11.6. The summed E-state index contributed by atoms with van der Waals surface area (Å²) in [5, 5.41) is 1.40. The molecule has 3 aromatic rings. The number of aromatic nitrogens is 1. The van der Waals surface area contributed by atoms with Gasteiger partial charge in [0.25, 0.3) is 0 Å². The summed E-state index contributed by atoms with van der Waals surface area (Å²) in [6.07, 6.45) is 1.09. The van der Waals surface area contributed by atoms with Crippen molar-refractivity contribution in [1.82, 2.24) is 9.47 Å². The molecule has 0 amide bonds. The number of thioether (sulfide) groups is 1. The first-order valence-corrected chi connectivity index (χ1v) is 9.44. The van der Waals surface area contributed by atoms with Crippen LogP contribution in [0.4, 0.5) is 0 Å². The molecule has 2 aromatic carbocycles. The van der Waals surface area contributed by atoms with E-state index in [1.807, 2.05) is 11.8 Å². The van der Waals surface area contributed by atoms with E-state index in [-0.39, 0.29) is 0 Å². The highest BCUT2D eigenvalue weighted by Crippen LogP contribution is 2.32. The van der Waals surface area contributed by atoms with Crippen LogP contribution < -0.4 is 0 Å². The molecule has 0 aliphatic carbocycles. The fourth-order valence-electron chi connectivity index (χ4n) is 3.12. The minimum absolute atomic E-state index is 1.02. The number of rotatable bonds is 6. The van der Waals surface area contributed by atoms with Crippen molar-refractivity contribution < 1.29 is 0 Å². The fraction of sp³-hybridized carbons (Fsp3) is 0.333. The van der Waals surface area contributed by atoms with Gasteiger partial charge in [-0.1, -0.05) is 35.9 Å². The third-order valence-electron chi connectivity index (χ3n) is 4.54. The van der Waals surface area contributed by atoms with Crippen molar-refractivity contribution in [2.75, 3.05) is 20.6 Å². The largest absolute Gasteiger partial charge is 0.347 e. The van der Waals surface area contributed by atoms with Gasteiger partial charge in [-0.05, 0) is 44.8 Å². The van der Waals surface area contributed by atoms with Crippen LogP contribution in [0.25, 0.3) is 10.9 Å². The predicted octanol–water partition coefficient (Wildman–Crippen LogP) is 4.88. The molecule has 0 aliphatic rings. The van der Waals surface area contributed by atoms with Gasteiger partial charge in [-0.25, -0.2) is 0 Å². The zero-order valence-electron chi connectivity index (χ0n) is 15.0. The van der Waals surface area contributed by atoms with Crippen LogP contribution >= 0.6 is 11.8 Å². The Morgan fingerprint density at radius 2 is 1.71 bits per heavy atom. The van der Waals surface area contributed by atoms with E-state index in [0.717, 1.165) is 18.7 Å². The van der Waals surface area contributed by atoms with Crippen molar-refractivity contribution in [3.63, 3.8) is 0 Å². The number of hydrogen-bond acceptors (Lipinski definition) is 2. The van der Waals surface area contributed by atoms with Crippen molar-refractivity contribution in [3.8, 4) is 0 Å². The number of benzene rings is 2. The second-order valence-corrected chi connectivity index (χ2v) is 7.71. The van der Waals surface area contributed by atoms with Crippen LogP contribution in [0.15, 0.2) is 53.4 Å². The van der Waals surface area contributed by atoms with E-state index in [1.54, 1.807) is 0 Å². The number of para-hydroxylation sites is 1. The maximum absolute atomic E-state index is 2.38. The van der Waals surface area contributed by atoms with E-state index in [4.69, 9.17) is 0 Å². The molecule has 0 saturated carbocycles. The lowest BCUT2D eigenvalue weighted by molar-refractivity contribution is 0.409. The lowest BCUT2D eigenvalue weighted by Crippen LogP contribution is -2.17. The Balaban J connectivity index is 1.91. The summed E-state index contributed by atoms with van der Waals surface area (Å²) in [6, 6.07) is 17.6. The molecule has 0 aliphatic heterocycles. The number of fused-ring (bicyclic) bond motifs is 1. The zero-order chi connectivity index (χ0) is 17.1. The van der Waals surface area contributed by atoms with Gasteiger partial charge in [-0.15, -0.1) is 11.8 Å². The Labute approximate surface area is 149 Å². The SMILES string of the molecule is Cc1ccc(SCc2c(CCN(C)C)n(C)c3ccccc23)cc1. The lowest BCUT2D eigenvalue weighted by atomic mass is 10.1. The van der Waals surface area contributed by atoms with Crippen LogP contribution in [0, 0.1) is 6.92 Å². The van der Waals surface area contributed by atoms with Crippen molar-refractivity contribution in [1.29, 1.82) is 0 Å². The van der Waals surface area contributed by atoms with Gasteiger partial charge in [-0.2, -0.15) is 0 Å². The van der Waals surface area contributed by atoms with Crippen molar-refractivity contribution in [2.45, 2.75) is 24.0 Å². The minimum atomic E-state index is 1.02. The van der Waals surface area contributed by atoms with Gasteiger partial charge in [0, 0.05) is 47.3 Å². The van der Waals surface area contributed by atoms with E-state index in [9.17, 15) is 0 Å². The molecule has 0 radical (unpaired) electrons. The second kappa shape index (κ2) is 7.45. The molecule has 0 unspecified atom stereocenters. The average molecular weight is 339 g/mol. The van der Waals surface area contributed by atoms with E-state index in [2.05, 4.69) is 86.1 Å². The van der Waals surface area contributed by atoms with Crippen molar-refractivity contribution >= 4 is 22.7 Å². The molecule has 24 heavy (non-hydrogen) atoms. The molecule has 0 atom stereocenters. The molecular weight excluding hydrogens is 312 g/mol. The van der Waals surface area contributed by atoms with Gasteiger partial charge in [-0.3, -0.25) is 0 Å². The third-order valence-corrected chi connectivity index (χ3v) is 5.58.